The number of rotatable bonds is 6. The van der Waals surface area contributed by atoms with E-state index in [-0.39, 0.29) is 17.7 Å². The maximum Gasteiger partial charge on any atom is 0.224 e. The van der Waals surface area contributed by atoms with Gasteiger partial charge in [-0.3, -0.25) is 9.48 Å². The van der Waals surface area contributed by atoms with Crippen LogP contribution >= 0.6 is 0 Å². The summed E-state index contributed by atoms with van der Waals surface area (Å²) < 4.78 is 7.91. The van der Waals surface area contributed by atoms with E-state index in [4.69, 9.17) is 4.74 Å². The van der Waals surface area contributed by atoms with Crippen molar-refractivity contribution in [2.24, 2.45) is 13.0 Å². The van der Waals surface area contributed by atoms with Crippen LogP contribution in [-0.2, 0) is 18.4 Å². The van der Waals surface area contributed by atoms with Crippen molar-refractivity contribution in [3.63, 3.8) is 0 Å². The maximum atomic E-state index is 13.2. The second-order valence-corrected chi connectivity index (χ2v) is 8.46. The normalized spacial score (nSPS) is 19.2. The number of likely N-dealkylation sites (N-methyl/N-ethyl adjacent to an activating group) is 1. The number of amides is 1. The lowest BCUT2D eigenvalue weighted by atomic mass is 9.81. The zero-order chi connectivity index (χ0) is 21.8. The van der Waals surface area contributed by atoms with Crippen LogP contribution in [0.15, 0.2) is 60.9 Å². The number of carbonyl (C=O) groups excluding carboxylic acids is 1. The van der Waals surface area contributed by atoms with Gasteiger partial charge in [0.05, 0.1) is 6.20 Å². The molecular formula is C25H30N4O2. The fraction of sp³-hybridized carbons (Fsp3) is 0.360. The first-order valence-electron chi connectivity index (χ1n) is 10.8. The number of ether oxygens (including phenoxy) is 1. The largest absolute Gasteiger partial charge is 0.457 e. The predicted molar refractivity (Wildman–Crippen MR) is 121 cm³/mol. The van der Waals surface area contributed by atoms with E-state index in [1.807, 2.05) is 74.9 Å². The van der Waals surface area contributed by atoms with Gasteiger partial charge >= 0.3 is 0 Å². The van der Waals surface area contributed by atoms with Gasteiger partial charge in [0.2, 0.25) is 5.91 Å². The number of hydrogen-bond acceptors (Lipinski definition) is 4. The summed E-state index contributed by atoms with van der Waals surface area (Å²) in [5.74, 6) is 1.73. The number of para-hydroxylation sites is 1. The van der Waals surface area contributed by atoms with E-state index >= 15 is 0 Å². The third kappa shape index (κ3) is 5.14. The monoisotopic (exact) mass is 418 g/mol. The summed E-state index contributed by atoms with van der Waals surface area (Å²) in [4.78, 5) is 15.5. The van der Waals surface area contributed by atoms with Crippen LogP contribution in [0, 0.1) is 12.8 Å². The second kappa shape index (κ2) is 9.35. The molecule has 1 aliphatic rings. The highest BCUT2D eigenvalue weighted by atomic mass is 16.5. The standard InChI is InChI=1S/C25H30N4O2/c1-18-9-10-19(24(13-18)31-21-7-5-4-6-8-21)14-26-25(30)22-11-12-28(2)17-23(22)20-15-27-29(3)16-20/h4-10,13,15-16,22-23H,11-12,14,17H2,1-3H3,(H,26,30). The highest BCUT2D eigenvalue weighted by Crippen LogP contribution is 2.32. The summed E-state index contributed by atoms with van der Waals surface area (Å²) in [6.07, 6.45) is 4.74. The first-order valence-corrected chi connectivity index (χ1v) is 10.8. The highest BCUT2D eigenvalue weighted by Gasteiger charge is 2.34. The van der Waals surface area contributed by atoms with Crippen molar-refractivity contribution in [1.82, 2.24) is 20.0 Å². The van der Waals surface area contributed by atoms with E-state index in [0.29, 0.717) is 6.54 Å². The average Bonchev–Trinajstić information content (AvgIpc) is 3.20. The van der Waals surface area contributed by atoms with Gasteiger partial charge in [-0.15, -0.1) is 0 Å². The molecule has 1 amide bonds. The van der Waals surface area contributed by atoms with Gasteiger partial charge in [0.15, 0.2) is 0 Å². The molecule has 1 aliphatic heterocycles. The van der Waals surface area contributed by atoms with Gasteiger partial charge in [0, 0.05) is 43.7 Å². The molecule has 0 radical (unpaired) electrons. The maximum absolute atomic E-state index is 13.2. The molecule has 4 rings (SSSR count). The Hall–Kier alpha value is -3.12. The van der Waals surface area contributed by atoms with Crippen LogP contribution in [0.4, 0.5) is 0 Å². The second-order valence-electron chi connectivity index (χ2n) is 8.46. The van der Waals surface area contributed by atoms with E-state index in [9.17, 15) is 4.79 Å². The molecule has 1 N–H and O–H groups in total. The Labute approximate surface area is 183 Å². The number of piperidine rings is 1. The molecule has 31 heavy (non-hydrogen) atoms. The van der Waals surface area contributed by atoms with Gasteiger partial charge in [-0.25, -0.2) is 0 Å². The SMILES string of the molecule is Cc1ccc(CNC(=O)C2CCN(C)CC2c2cnn(C)c2)c(Oc2ccccc2)c1. The van der Waals surface area contributed by atoms with E-state index in [1.54, 1.807) is 4.68 Å². The highest BCUT2D eigenvalue weighted by molar-refractivity contribution is 5.80. The van der Waals surface area contributed by atoms with E-state index in [1.165, 1.54) is 0 Å². The molecule has 2 atom stereocenters. The molecule has 1 saturated heterocycles. The lowest BCUT2D eigenvalue weighted by Crippen LogP contribution is -2.43. The van der Waals surface area contributed by atoms with E-state index < -0.39 is 0 Å². The topological polar surface area (TPSA) is 59.4 Å². The summed E-state index contributed by atoms with van der Waals surface area (Å²) >= 11 is 0. The van der Waals surface area contributed by atoms with Crippen LogP contribution in [0.2, 0.25) is 0 Å². The van der Waals surface area contributed by atoms with Gasteiger partial charge in [0.25, 0.3) is 0 Å². The van der Waals surface area contributed by atoms with Crippen molar-refractivity contribution in [2.75, 3.05) is 20.1 Å². The zero-order valence-corrected chi connectivity index (χ0v) is 18.4. The molecule has 0 spiro atoms. The van der Waals surface area contributed by atoms with Gasteiger partial charge in [-0.05, 0) is 56.3 Å². The summed E-state index contributed by atoms with van der Waals surface area (Å²) in [6, 6.07) is 15.8. The van der Waals surface area contributed by atoms with E-state index in [2.05, 4.69) is 22.4 Å². The van der Waals surface area contributed by atoms with E-state index in [0.717, 1.165) is 47.7 Å². The minimum atomic E-state index is -0.0654. The number of likely N-dealkylation sites (tertiary alicyclic amines) is 1. The smallest absolute Gasteiger partial charge is 0.224 e. The van der Waals surface area contributed by atoms with Crippen molar-refractivity contribution >= 4 is 5.91 Å². The number of nitrogens with zero attached hydrogens (tertiary/aromatic N) is 3. The van der Waals surface area contributed by atoms with Crippen LogP contribution in [0.3, 0.4) is 0 Å². The van der Waals surface area contributed by atoms with Crippen LogP contribution < -0.4 is 10.1 Å². The Morgan fingerprint density at radius 2 is 2.00 bits per heavy atom. The molecule has 1 aromatic heterocycles. The number of aromatic nitrogens is 2. The molecule has 2 heterocycles. The minimum absolute atomic E-state index is 0.0654. The summed E-state index contributed by atoms with van der Waals surface area (Å²) in [7, 11) is 4.02. The molecule has 162 valence electrons. The van der Waals surface area contributed by atoms with Crippen molar-refractivity contribution in [2.45, 2.75) is 25.8 Å². The molecule has 6 nitrogen and oxygen atoms in total. The first kappa shape index (κ1) is 21.1. The number of aryl methyl sites for hydroxylation is 2. The lowest BCUT2D eigenvalue weighted by Gasteiger charge is -2.35. The van der Waals surface area contributed by atoms with Gasteiger partial charge in [-0.2, -0.15) is 5.10 Å². The molecule has 0 aliphatic carbocycles. The third-order valence-corrected chi connectivity index (χ3v) is 5.95. The number of benzene rings is 2. The summed E-state index contributed by atoms with van der Waals surface area (Å²) in [6.45, 7) is 4.25. The van der Waals surface area contributed by atoms with Crippen molar-refractivity contribution in [1.29, 1.82) is 0 Å². The predicted octanol–water partition coefficient (Wildman–Crippen LogP) is 3.87. The number of carbonyl (C=O) groups is 1. The minimum Gasteiger partial charge on any atom is -0.457 e. The van der Waals surface area contributed by atoms with Crippen LogP contribution in [0.5, 0.6) is 11.5 Å². The third-order valence-electron chi connectivity index (χ3n) is 5.95. The molecule has 0 bridgehead atoms. The van der Waals surface area contributed by atoms with Crippen molar-refractivity contribution in [3.05, 3.63) is 77.6 Å². The molecule has 3 aromatic rings. The Kier molecular flexibility index (Phi) is 6.37. The van der Waals surface area contributed by atoms with Gasteiger partial charge in [-0.1, -0.05) is 30.3 Å². The fourth-order valence-corrected chi connectivity index (χ4v) is 4.23. The molecule has 2 aromatic carbocycles. The molecule has 2 unspecified atom stereocenters. The molecular weight excluding hydrogens is 388 g/mol. The Morgan fingerprint density at radius 3 is 2.74 bits per heavy atom. The lowest BCUT2D eigenvalue weighted by molar-refractivity contribution is -0.127. The Balaban J connectivity index is 1.47. The fourth-order valence-electron chi connectivity index (χ4n) is 4.23. The van der Waals surface area contributed by atoms with Crippen molar-refractivity contribution in [3.8, 4) is 11.5 Å². The van der Waals surface area contributed by atoms with Crippen LogP contribution in [-0.4, -0.2) is 40.7 Å². The Morgan fingerprint density at radius 1 is 1.19 bits per heavy atom. The molecule has 6 heteroatoms. The Bertz CT molecular complexity index is 1030. The summed E-state index contributed by atoms with van der Waals surface area (Å²) in [5.41, 5.74) is 3.21. The van der Waals surface area contributed by atoms with Crippen LogP contribution in [0.25, 0.3) is 0 Å². The van der Waals surface area contributed by atoms with Crippen molar-refractivity contribution < 1.29 is 9.53 Å². The quantitative estimate of drug-likeness (QED) is 0.660. The average molecular weight is 419 g/mol. The van der Waals surface area contributed by atoms with Crippen LogP contribution in [0.1, 0.15) is 29.0 Å². The molecule has 0 saturated carbocycles. The van der Waals surface area contributed by atoms with Gasteiger partial charge in [0.1, 0.15) is 11.5 Å². The van der Waals surface area contributed by atoms with Gasteiger partial charge < -0.3 is 15.0 Å². The first-order chi connectivity index (χ1) is 15.0. The zero-order valence-electron chi connectivity index (χ0n) is 18.4. The molecule has 1 fully saturated rings. The number of nitrogens with one attached hydrogen (secondary N) is 1. The summed E-state index contributed by atoms with van der Waals surface area (Å²) in [5, 5.41) is 7.48. The number of hydrogen-bond donors (Lipinski definition) is 1.